The Morgan fingerprint density at radius 3 is 2.62 bits per heavy atom. The van der Waals surface area contributed by atoms with E-state index in [9.17, 15) is 12.8 Å². The van der Waals surface area contributed by atoms with Gasteiger partial charge in [-0.3, -0.25) is 0 Å². The molecule has 0 aliphatic carbocycles. The molecule has 0 aliphatic heterocycles. The number of nitrogens with one attached hydrogen (secondary N) is 1. The van der Waals surface area contributed by atoms with E-state index in [2.05, 4.69) is 5.32 Å². The molecule has 0 saturated heterocycles. The van der Waals surface area contributed by atoms with E-state index in [1.807, 2.05) is 6.07 Å². The van der Waals surface area contributed by atoms with Gasteiger partial charge in [-0.25, -0.2) is 16.8 Å². The van der Waals surface area contributed by atoms with E-state index in [-0.39, 0.29) is 22.7 Å². The average Bonchev–Trinajstić information content (AvgIpc) is 3.11. The van der Waals surface area contributed by atoms with Gasteiger partial charge in [-0.1, -0.05) is 12.1 Å². The molecule has 0 radical (unpaired) electrons. The van der Waals surface area contributed by atoms with Crippen molar-refractivity contribution in [2.45, 2.75) is 11.4 Å². The topological polar surface area (TPSA) is 74.9 Å². The first-order valence-electron chi connectivity index (χ1n) is 9.09. The Labute approximate surface area is 155 Å². The van der Waals surface area contributed by atoms with Crippen molar-refractivity contribution in [1.29, 1.82) is 5.26 Å². The van der Waals surface area contributed by atoms with E-state index in [1.54, 1.807) is 6.07 Å². The molecule has 5 nitrogen and oxygen atoms in total. The first kappa shape index (κ1) is 14.2. The van der Waals surface area contributed by atoms with Gasteiger partial charge in [-0.05, 0) is 55.0 Å². The Hall–Kier alpha value is -2.95. The molecule has 0 bridgehead atoms. The predicted molar refractivity (Wildman–Crippen MR) is 96.3 cm³/mol. The lowest BCUT2D eigenvalue weighted by Gasteiger charge is -2.11. The first-order chi connectivity index (χ1) is 13.6. The van der Waals surface area contributed by atoms with Gasteiger partial charge in [0.05, 0.1) is 22.2 Å². The van der Waals surface area contributed by atoms with Crippen molar-refractivity contribution in [2.75, 3.05) is 6.98 Å². The molecule has 132 valence electrons. The van der Waals surface area contributed by atoms with E-state index in [4.69, 9.17) is 9.37 Å². The number of nitriles is 1. The molecule has 0 saturated carbocycles. The number of aromatic nitrogens is 1. The van der Waals surface area contributed by atoms with Gasteiger partial charge in [0.2, 0.25) is 0 Å². The van der Waals surface area contributed by atoms with Gasteiger partial charge < -0.3 is 5.32 Å². The summed E-state index contributed by atoms with van der Waals surface area (Å²) in [6.45, 7) is -2.54. The van der Waals surface area contributed by atoms with Gasteiger partial charge in [0.15, 0.2) is 0 Å². The maximum atomic E-state index is 14.4. The number of benzene rings is 2. The first-order valence-corrected chi connectivity index (χ1v) is 9.03. The minimum absolute atomic E-state index is 0.0600. The van der Waals surface area contributed by atoms with Crippen LogP contribution in [0.2, 0.25) is 0 Å². The maximum Gasteiger partial charge on any atom is 0.268 e. The van der Waals surface area contributed by atoms with E-state index in [1.165, 1.54) is 54.7 Å². The van der Waals surface area contributed by atoms with Crippen molar-refractivity contribution in [3.05, 3.63) is 77.7 Å². The molecule has 1 aromatic heterocycles. The molecular weight excluding hydrogens is 353 g/mol. The normalized spacial score (nSPS) is 13.5. The Kier molecular flexibility index (Phi) is 3.90. The van der Waals surface area contributed by atoms with Crippen LogP contribution in [0.4, 0.5) is 4.39 Å². The van der Waals surface area contributed by atoms with Crippen LogP contribution in [0.1, 0.15) is 15.2 Å². The summed E-state index contributed by atoms with van der Waals surface area (Å²) in [5, 5.41) is 11.2. The van der Waals surface area contributed by atoms with Crippen LogP contribution in [0.3, 0.4) is 0 Å². The van der Waals surface area contributed by atoms with Gasteiger partial charge in [-0.15, -0.1) is 0 Å². The van der Waals surface area contributed by atoms with E-state index >= 15 is 0 Å². The number of hydrogen-bond acceptors (Lipinski definition) is 4. The van der Waals surface area contributed by atoms with Crippen LogP contribution < -0.4 is 5.32 Å². The molecule has 26 heavy (non-hydrogen) atoms. The zero-order valence-corrected chi connectivity index (χ0v) is 14.3. The second-order valence-electron chi connectivity index (χ2n) is 5.50. The molecule has 3 aromatic rings. The minimum atomic E-state index is -4.12. The summed E-state index contributed by atoms with van der Waals surface area (Å²) in [4.78, 5) is -0.0833. The second kappa shape index (κ2) is 7.12. The Morgan fingerprint density at radius 1 is 1.23 bits per heavy atom. The monoisotopic (exact) mass is 372 g/mol. The van der Waals surface area contributed by atoms with Gasteiger partial charge in [-0.2, -0.15) is 5.26 Å². The third-order valence-electron chi connectivity index (χ3n) is 3.83. The highest BCUT2D eigenvalue weighted by Crippen LogP contribution is 2.29. The van der Waals surface area contributed by atoms with Crippen LogP contribution in [0.25, 0.3) is 11.3 Å². The highest BCUT2D eigenvalue weighted by atomic mass is 32.2. The highest BCUT2D eigenvalue weighted by Gasteiger charge is 2.23. The van der Waals surface area contributed by atoms with Crippen molar-refractivity contribution < 1.29 is 16.9 Å². The van der Waals surface area contributed by atoms with Crippen LogP contribution in [0.15, 0.2) is 65.7 Å². The standard InChI is InChI=1S/C19H16FN3O2S/c1-22-12-15-10-19(17-4-2-3-5-18(17)20)23(13-15)26(24,25)16-8-6-14(11-21)7-9-16/h2-10,13,22H,12H2,1H3/i1D3. The van der Waals surface area contributed by atoms with E-state index < -0.39 is 22.8 Å². The zero-order valence-electron chi connectivity index (χ0n) is 16.5. The fourth-order valence-electron chi connectivity index (χ4n) is 2.57. The van der Waals surface area contributed by atoms with Crippen molar-refractivity contribution in [3.63, 3.8) is 0 Å². The van der Waals surface area contributed by atoms with E-state index in [0.29, 0.717) is 11.1 Å². The molecule has 0 spiro atoms. The smallest absolute Gasteiger partial charge is 0.268 e. The maximum absolute atomic E-state index is 14.4. The van der Waals surface area contributed by atoms with Gasteiger partial charge >= 0.3 is 0 Å². The number of rotatable bonds is 5. The minimum Gasteiger partial charge on any atom is -0.316 e. The molecule has 0 amide bonds. The Bertz CT molecular complexity index is 1180. The fourth-order valence-corrected chi connectivity index (χ4v) is 3.97. The van der Waals surface area contributed by atoms with Crippen LogP contribution >= 0.6 is 0 Å². The Balaban J connectivity index is 2.13. The zero-order chi connectivity index (χ0) is 21.2. The molecule has 1 heterocycles. The second-order valence-corrected chi connectivity index (χ2v) is 7.32. The summed E-state index contributed by atoms with van der Waals surface area (Å²) in [6.07, 6.45) is 1.26. The molecule has 7 heteroatoms. The fraction of sp³-hybridized carbons (Fsp3) is 0.105. The lowest BCUT2D eigenvalue weighted by atomic mass is 10.1. The summed E-state index contributed by atoms with van der Waals surface area (Å²) >= 11 is 0. The third-order valence-corrected chi connectivity index (χ3v) is 5.51. The molecule has 1 N–H and O–H groups in total. The molecule has 2 aromatic carbocycles. The SMILES string of the molecule is [2H]C([2H])([2H])NCc1cc(-c2ccccc2F)n(S(=O)(=O)c2ccc(C#N)cc2)c1. The summed E-state index contributed by atoms with van der Waals surface area (Å²) in [5.41, 5.74) is 0.782. The van der Waals surface area contributed by atoms with Crippen molar-refractivity contribution >= 4 is 10.0 Å². The molecule has 0 fully saturated rings. The molecule has 3 rings (SSSR count). The summed E-state index contributed by atoms with van der Waals surface area (Å²) < 4.78 is 63.4. The quantitative estimate of drug-likeness (QED) is 0.747. The van der Waals surface area contributed by atoms with Gasteiger partial charge in [0.1, 0.15) is 5.82 Å². The highest BCUT2D eigenvalue weighted by molar-refractivity contribution is 7.90. The third kappa shape index (κ3) is 3.25. The summed E-state index contributed by atoms with van der Waals surface area (Å²) in [6, 6.07) is 14.4. The van der Waals surface area contributed by atoms with Crippen LogP contribution in [-0.4, -0.2) is 19.4 Å². The number of nitrogens with zero attached hydrogens (tertiary/aromatic N) is 2. The number of halogens is 1. The van der Waals surface area contributed by atoms with Crippen LogP contribution in [0.5, 0.6) is 0 Å². The predicted octanol–water partition coefficient (Wildman–Crippen LogP) is 3.12. The van der Waals surface area contributed by atoms with Gasteiger partial charge in [0.25, 0.3) is 10.0 Å². The molecule has 0 atom stereocenters. The lowest BCUT2D eigenvalue weighted by molar-refractivity contribution is 0.587. The average molecular weight is 372 g/mol. The lowest BCUT2D eigenvalue weighted by Crippen LogP contribution is -2.13. The van der Waals surface area contributed by atoms with Crippen molar-refractivity contribution in [1.82, 2.24) is 9.29 Å². The number of hydrogen-bond donors (Lipinski definition) is 1. The van der Waals surface area contributed by atoms with E-state index in [0.717, 1.165) is 3.97 Å². The molecular formula is C19H16FN3O2S. The Morgan fingerprint density at radius 2 is 1.96 bits per heavy atom. The summed E-state index contributed by atoms with van der Waals surface area (Å²) in [7, 11) is -4.12. The van der Waals surface area contributed by atoms with Crippen LogP contribution in [0, 0.1) is 17.1 Å². The largest absolute Gasteiger partial charge is 0.316 e. The molecule has 0 unspecified atom stereocenters. The van der Waals surface area contributed by atoms with Gasteiger partial charge in [0, 0.05) is 22.4 Å². The van der Waals surface area contributed by atoms with Crippen LogP contribution in [-0.2, 0) is 16.6 Å². The van der Waals surface area contributed by atoms with Crippen molar-refractivity contribution in [2.24, 2.45) is 0 Å². The van der Waals surface area contributed by atoms with Crippen molar-refractivity contribution in [3.8, 4) is 17.3 Å². The summed E-state index contributed by atoms with van der Waals surface area (Å²) in [5.74, 6) is -0.614. The molecule has 0 aliphatic rings.